The Morgan fingerprint density at radius 2 is 1.72 bits per heavy atom. The van der Waals surface area contributed by atoms with Crippen molar-refractivity contribution in [1.29, 1.82) is 0 Å². The van der Waals surface area contributed by atoms with Gasteiger partial charge in [0.2, 0.25) is 0 Å². The molecular weight excluding hydrogens is 314 g/mol. The second kappa shape index (κ2) is 11.1. The van der Waals surface area contributed by atoms with Gasteiger partial charge in [0.15, 0.2) is 5.78 Å². The highest BCUT2D eigenvalue weighted by molar-refractivity contribution is 5.97. The van der Waals surface area contributed by atoms with Crippen molar-refractivity contribution in [2.75, 3.05) is 40.9 Å². The molecule has 0 spiro atoms. The first-order valence-corrected chi connectivity index (χ1v) is 9.53. The summed E-state index contributed by atoms with van der Waals surface area (Å²) in [5, 5.41) is 0. The molecule has 0 bridgehead atoms. The minimum Gasteiger partial charge on any atom is -0.497 e. The van der Waals surface area contributed by atoms with E-state index in [0.29, 0.717) is 23.7 Å². The van der Waals surface area contributed by atoms with Crippen LogP contribution in [0.5, 0.6) is 11.5 Å². The van der Waals surface area contributed by atoms with Gasteiger partial charge in [0.1, 0.15) is 24.7 Å². The average molecular weight is 351 g/mol. The van der Waals surface area contributed by atoms with Gasteiger partial charge < -0.3 is 14.0 Å². The van der Waals surface area contributed by atoms with Crippen molar-refractivity contribution in [2.45, 2.75) is 52.4 Å². The number of ketones is 1. The van der Waals surface area contributed by atoms with E-state index in [2.05, 4.69) is 21.0 Å². The second-order valence-corrected chi connectivity index (χ2v) is 7.42. The highest BCUT2D eigenvalue weighted by atomic mass is 16.5. The zero-order valence-corrected chi connectivity index (χ0v) is 16.8. The Morgan fingerprint density at radius 3 is 2.36 bits per heavy atom. The number of carbonyl (C=O) groups is 1. The zero-order chi connectivity index (χ0) is 18.7. The topological polar surface area (TPSA) is 35.5 Å². The molecule has 0 heterocycles. The first kappa shape index (κ1) is 21.5. The van der Waals surface area contributed by atoms with Crippen LogP contribution in [0.2, 0.25) is 0 Å². The van der Waals surface area contributed by atoms with Crippen LogP contribution in [-0.4, -0.2) is 51.2 Å². The summed E-state index contributed by atoms with van der Waals surface area (Å²) in [5.74, 6) is 1.34. The third-order valence-electron chi connectivity index (χ3n) is 4.64. The van der Waals surface area contributed by atoms with Gasteiger partial charge in [0.05, 0.1) is 33.3 Å². The molecule has 0 saturated carbocycles. The number of likely N-dealkylation sites (N-methyl/N-ethyl adjacent to an activating group) is 1. The van der Waals surface area contributed by atoms with E-state index in [-0.39, 0.29) is 5.78 Å². The summed E-state index contributed by atoms with van der Waals surface area (Å²) in [5.41, 5.74) is 0.613. The van der Waals surface area contributed by atoms with E-state index in [4.69, 9.17) is 9.47 Å². The normalized spacial score (nSPS) is 11.4. The molecule has 0 amide bonds. The van der Waals surface area contributed by atoms with Gasteiger partial charge in [0.25, 0.3) is 0 Å². The molecule has 0 aliphatic rings. The molecule has 1 aromatic rings. The predicted molar refractivity (Wildman–Crippen MR) is 104 cm³/mol. The van der Waals surface area contributed by atoms with Gasteiger partial charge in [-0.15, -0.1) is 0 Å². The van der Waals surface area contributed by atoms with Crippen molar-refractivity contribution in [3.63, 3.8) is 0 Å². The minimum atomic E-state index is 0.0125. The minimum absolute atomic E-state index is 0.0125. The van der Waals surface area contributed by atoms with E-state index in [1.165, 1.54) is 38.5 Å². The molecule has 0 fully saturated rings. The lowest BCUT2D eigenvalue weighted by molar-refractivity contribution is -0.890. The highest BCUT2D eigenvalue weighted by Crippen LogP contribution is 2.25. The fourth-order valence-corrected chi connectivity index (χ4v) is 2.87. The van der Waals surface area contributed by atoms with Crippen LogP contribution in [0.15, 0.2) is 18.2 Å². The number of methoxy groups -OCH3 is 1. The maximum Gasteiger partial charge on any atom is 0.163 e. The molecule has 0 unspecified atom stereocenters. The zero-order valence-electron chi connectivity index (χ0n) is 16.8. The number of carbonyl (C=O) groups excluding carboxylic acids is 1. The molecule has 0 aromatic heterocycles. The lowest BCUT2D eigenvalue weighted by atomic mass is 10.1. The van der Waals surface area contributed by atoms with Crippen LogP contribution in [-0.2, 0) is 0 Å². The molecule has 0 aliphatic heterocycles. The molecule has 0 radical (unpaired) electrons. The molecule has 0 aliphatic carbocycles. The number of unbranched alkanes of at least 4 members (excludes halogenated alkanes) is 5. The quantitative estimate of drug-likeness (QED) is 0.293. The Kier molecular flexibility index (Phi) is 9.58. The summed E-state index contributed by atoms with van der Waals surface area (Å²) in [7, 11) is 6.10. The third-order valence-corrected chi connectivity index (χ3v) is 4.64. The van der Waals surface area contributed by atoms with Crippen molar-refractivity contribution in [2.24, 2.45) is 0 Å². The lowest BCUT2D eigenvalue weighted by Gasteiger charge is -2.30. The largest absolute Gasteiger partial charge is 0.497 e. The molecule has 4 heteroatoms. The number of rotatable bonds is 13. The predicted octanol–water partition coefficient (Wildman–Crippen LogP) is 4.71. The van der Waals surface area contributed by atoms with Crippen LogP contribution in [0.1, 0.15) is 62.7 Å². The molecular formula is C21H36NO3+. The van der Waals surface area contributed by atoms with Gasteiger partial charge >= 0.3 is 0 Å². The van der Waals surface area contributed by atoms with Gasteiger partial charge in [-0.3, -0.25) is 4.79 Å². The number of nitrogens with zero attached hydrogens (tertiary/aromatic N) is 1. The summed E-state index contributed by atoms with van der Waals surface area (Å²) < 4.78 is 12.1. The first-order valence-electron chi connectivity index (χ1n) is 9.53. The van der Waals surface area contributed by atoms with Crippen LogP contribution < -0.4 is 9.47 Å². The Balaban J connectivity index is 2.43. The fourth-order valence-electron chi connectivity index (χ4n) is 2.87. The van der Waals surface area contributed by atoms with Gasteiger partial charge in [-0.25, -0.2) is 0 Å². The molecule has 0 N–H and O–H groups in total. The number of hydrogen-bond donors (Lipinski definition) is 0. The molecule has 0 saturated heterocycles. The van der Waals surface area contributed by atoms with Crippen molar-refractivity contribution >= 4 is 5.78 Å². The maximum absolute atomic E-state index is 11.8. The standard InChI is InChI=1S/C21H36NO3/c1-6-7-8-9-10-11-14-22(3,4)15-16-25-21-17-19(24-5)12-13-20(21)18(2)23/h12-13,17H,6-11,14-16H2,1-5H3/q+1. The number of benzene rings is 1. The summed E-state index contributed by atoms with van der Waals surface area (Å²) in [6.45, 7) is 6.49. The van der Waals surface area contributed by atoms with Crippen LogP contribution in [0.3, 0.4) is 0 Å². The monoisotopic (exact) mass is 350 g/mol. The fraction of sp³-hybridized carbons (Fsp3) is 0.667. The molecule has 1 rings (SSSR count). The SMILES string of the molecule is CCCCCCCC[N+](C)(C)CCOc1cc(OC)ccc1C(C)=O. The van der Waals surface area contributed by atoms with Crippen LogP contribution in [0.25, 0.3) is 0 Å². The Bertz CT molecular complexity index is 526. The van der Waals surface area contributed by atoms with E-state index < -0.39 is 0 Å². The summed E-state index contributed by atoms with van der Waals surface area (Å²) in [6.07, 6.45) is 7.92. The van der Waals surface area contributed by atoms with Gasteiger partial charge in [-0.1, -0.05) is 32.6 Å². The van der Waals surface area contributed by atoms with Crippen LogP contribution in [0, 0.1) is 0 Å². The second-order valence-electron chi connectivity index (χ2n) is 7.42. The van der Waals surface area contributed by atoms with Crippen LogP contribution in [0.4, 0.5) is 0 Å². The van der Waals surface area contributed by atoms with Crippen molar-refractivity contribution in [3.8, 4) is 11.5 Å². The summed E-state index contributed by atoms with van der Waals surface area (Å²) in [4.78, 5) is 11.8. The Labute approximate surface area is 153 Å². The third kappa shape index (κ3) is 8.39. The Hall–Kier alpha value is -1.55. The van der Waals surface area contributed by atoms with Crippen molar-refractivity contribution < 1.29 is 18.8 Å². The summed E-state index contributed by atoms with van der Waals surface area (Å²) >= 11 is 0. The number of ether oxygens (including phenoxy) is 2. The smallest absolute Gasteiger partial charge is 0.163 e. The van der Waals surface area contributed by atoms with Gasteiger partial charge in [-0.2, -0.15) is 0 Å². The Morgan fingerprint density at radius 1 is 1.04 bits per heavy atom. The molecule has 4 nitrogen and oxygen atoms in total. The van der Waals surface area contributed by atoms with E-state index in [9.17, 15) is 4.79 Å². The van der Waals surface area contributed by atoms with E-state index >= 15 is 0 Å². The van der Waals surface area contributed by atoms with Gasteiger partial charge in [-0.05, 0) is 31.9 Å². The first-order chi connectivity index (χ1) is 11.9. The van der Waals surface area contributed by atoms with E-state index in [1.807, 2.05) is 0 Å². The average Bonchev–Trinajstić information content (AvgIpc) is 2.57. The van der Waals surface area contributed by atoms with E-state index in [1.54, 1.807) is 32.2 Å². The lowest BCUT2D eigenvalue weighted by Crippen LogP contribution is -2.43. The summed E-state index contributed by atoms with van der Waals surface area (Å²) in [6, 6.07) is 5.36. The van der Waals surface area contributed by atoms with Crippen LogP contribution >= 0.6 is 0 Å². The maximum atomic E-state index is 11.8. The van der Waals surface area contributed by atoms with E-state index in [0.717, 1.165) is 17.6 Å². The number of Topliss-reactive ketones (excluding diaryl/α,β-unsaturated/α-hetero) is 1. The molecule has 0 atom stereocenters. The molecule has 1 aromatic carbocycles. The highest BCUT2D eigenvalue weighted by Gasteiger charge is 2.16. The number of hydrogen-bond acceptors (Lipinski definition) is 3. The van der Waals surface area contributed by atoms with Crippen molar-refractivity contribution in [3.05, 3.63) is 23.8 Å². The van der Waals surface area contributed by atoms with Gasteiger partial charge in [0, 0.05) is 6.07 Å². The number of quaternary nitrogens is 1. The molecule has 142 valence electrons. The molecule has 25 heavy (non-hydrogen) atoms. The van der Waals surface area contributed by atoms with Crippen molar-refractivity contribution in [1.82, 2.24) is 0 Å².